The van der Waals surface area contributed by atoms with Crippen LogP contribution in [0.2, 0.25) is 0 Å². The second-order valence-corrected chi connectivity index (χ2v) is 15.3. The Bertz CT molecular complexity index is 2440. The molecule has 0 aliphatic carbocycles. The molecule has 8 rings (SSSR count). The fraction of sp³-hybridized carbons (Fsp3) is 0.341. The number of aromatic nitrogens is 6. The molecule has 2 aliphatic heterocycles. The molecule has 6 aromatic rings. The van der Waals surface area contributed by atoms with Crippen LogP contribution in [-0.4, -0.2) is 97.8 Å². The highest BCUT2D eigenvalue weighted by Gasteiger charge is 2.46. The van der Waals surface area contributed by atoms with Crippen molar-refractivity contribution in [2.45, 2.75) is 56.8 Å². The van der Waals surface area contributed by atoms with Gasteiger partial charge in [-0.05, 0) is 86.5 Å². The molecule has 0 bridgehead atoms. The lowest BCUT2D eigenvalue weighted by atomic mass is 10.0. The summed E-state index contributed by atoms with van der Waals surface area (Å²) in [4.78, 5) is 34.1. The summed E-state index contributed by atoms with van der Waals surface area (Å²) in [5.74, 6) is -3.33. The van der Waals surface area contributed by atoms with Gasteiger partial charge in [-0.15, -0.1) is 0 Å². The zero-order chi connectivity index (χ0) is 42.5. The molecule has 5 atom stereocenters. The predicted octanol–water partition coefficient (Wildman–Crippen LogP) is 4.81. The number of ether oxygens (including phenoxy) is 3. The monoisotopic (exact) mass is 835 g/mol. The number of halogens is 2. The number of piperazine rings is 1. The SMILES string of the molecule is CC(NC(Cc1ccccc1)C(=O)O)[C@H](C)n1ncn(-c2ccc(N3CCN(c4ccc(OC[C@@H]5CO[C@@](Cn6cncn6)(c6ccc(F)cc6F)O5)cc4)CC3)cc2)c1=O. The van der Waals surface area contributed by atoms with Crippen molar-refractivity contribution in [3.63, 3.8) is 0 Å². The van der Waals surface area contributed by atoms with Gasteiger partial charge in [-0.25, -0.2) is 32.5 Å². The van der Waals surface area contributed by atoms with Crippen molar-refractivity contribution in [3.8, 4) is 11.4 Å². The van der Waals surface area contributed by atoms with Crippen LogP contribution in [0.3, 0.4) is 0 Å². The first-order chi connectivity index (χ1) is 29.5. The number of carboxylic acids is 1. The zero-order valence-electron chi connectivity index (χ0n) is 33.8. The number of hydrogen-bond donors (Lipinski definition) is 2. The van der Waals surface area contributed by atoms with Crippen LogP contribution in [0, 0.1) is 11.6 Å². The summed E-state index contributed by atoms with van der Waals surface area (Å²) in [6, 6.07) is 26.8. The minimum atomic E-state index is -1.53. The van der Waals surface area contributed by atoms with Crippen molar-refractivity contribution in [1.82, 2.24) is 34.4 Å². The summed E-state index contributed by atoms with van der Waals surface area (Å²) < 4.78 is 51.4. The number of carboxylic acid groups (broad SMARTS) is 1. The average Bonchev–Trinajstić information content (AvgIpc) is 4.04. The third-order valence-electron chi connectivity index (χ3n) is 11.3. The van der Waals surface area contributed by atoms with Crippen molar-refractivity contribution < 1.29 is 32.9 Å². The van der Waals surface area contributed by atoms with E-state index in [9.17, 15) is 23.5 Å². The number of hydrogen-bond acceptors (Lipinski definition) is 11. The van der Waals surface area contributed by atoms with Crippen molar-refractivity contribution >= 4 is 17.3 Å². The second-order valence-electron chi connectivity index (χ2n) is 15.3. The maximum Gasteiger partial charge on any atom is 0.350 e. The summed E-state index contributed by atoms with van der Waals surface area (Å²) >= 11 is 0. The summed E-state index contributed by atoms with van der Waals surface area (Å²) in [7, 11) is 0. The molecule has 0 amide bonds. The first-order valence-corrected chi connectivity index (χ1v) is 20.2. The Balaban J connectivity index is 0.823. The minimum Gasteiger partial charge on any atom is -0.491 e. The molecule has 4 aromatic carbocycles. The van der Waals surface area contributed by atoms with E-state index in [0.717, 1.165) is 49.2 Å². The third-order valence-corrected chi connectivity index (χ3v) is 11.3. The molecule has 2 unspecified atom stereocenters. The number of benzene rings is 4. The van der Waals surface area contributed by atoms with E-state index in [2.05, 4.69) is 30.3 Å². The molecule has 17 heteroatoms. The average molecular weight is 836 g/mol. The van der Waals surface area contributed by atoms with E-state index in [0.29, 0.717) is 17.9 Å². The highest BCUT2D eigenvalue weighted by Crippen LogP contribution is 2.38. The first kappa shape index (κ1) is 41.3. The lowest BCUT2D eigenvalue weighted by molar-refractivity contribution is -0.192. The van der Waals surface area contributed by atoms with Gasteiger partial charge in [0.2, 0.25) is 5.79 Å². The molecule has 0 spiro atoms. The van der Waals surface area contributed by atoms with E-state index < -0.39 is 41.6 Å². The Kier molecular flexibility index (Phi) is 12.2. The van der Waals surface area contributed by atoms with Gasteiger partial charge in [-0.1, -0.05) is 30.3 Å². The minimum absolute atomic E-state index is 0.0150. The lowest BCUT2D eigenvalue weighted by Gasteiger charge is -2.37. The molecular weight excluding hydrogens is 789 g/mol. The maximum atomic E-state index is 14.9. The number of nitrogens with one attached hydrogen (secondary N) is 1. The van der Waals surface area contributed by atoms with Crippen LogP contribution in [0.5, 0.6) is 5.75 Å². The van der Waals surface area contributed by atoms with E-state index in [1.807, 2.05) is 92.7 Å². The van der Waals surface area contributed by atoms with E-state index in [-0.39, 0.29) is 37.1 Å². The molecule has 2 aliphatic rings. The largest absolute Gasteiger partial charge is 0.491 e. The first-order valence-electron chi connectivity index (χ1n) is 20.2. The van der Waals surface area contributed by atoms with Gasteiger partial charge in [0.05, 0.1) is 18.3 Å². The van der Waals surface area contributed by atoms with Gasteiger partial charge in [-0.3, -0.25) is 10.1 Å². The number of anilines is 2. The maximum absolute atomic E-state index is 14.9. The Morgan fingerprint density at radius 3 is 2.21 bits per heavy atom. The molecule has 2 N–H and O–H groups in total. The van der Waals surface area contributed by atoms with Gasteiger partial charge >= 0.3 is 11.7 Å². The molecule has 4 heterocycles. The van der Waals surface area contributed by atoms with E-state index in [1.165, 1.54) is 45.0 Å². The van der Waals surface area contributed by atoms with Gasteiger partial charge in [0.25, 0.3) is 0 Å². The molecule has 0 saturated carbocycles. The molecule has 61 heavy (non-hydrogen) atoms. The highest BCUT2D eigenvalue weighted by molar-refractivity contribution is 5.74. The van der Waals surface area contributed by atoms with Crippen LogP contribution >= 0.6 is 0 Å². The number of nitrogens with zero attached hydrogens (tertiary/aromatic N) is 8. The fourth-order valence-electron chi connectivity index (χ4n) is 7.78. The second kappa shape index (κ2) is 18.0. The van der Waals surface area contributed by atoms with Crippen LogP contribution in [0.4, 0.5) is 20.2 Å². The van der Waals surface area contributed by atoms with Gasteiger partial charge in [-0.2, -0.15) is 10.2 Å². The van der Waals surface area contributed by atoms with Crippen molar-refractivity contribution in [3.05, 3.63) is 149 Å². The Labute approximate surface area is 350 Å². The zero-order valence-corrected chi connectivity index (χ0v) is 33.8. The molecule has 15 nitrogen and oxygen atoms in total. The topological polar surface area (TPSA) is 154 Å². The van der Waals surface area contributed by atoms with Crippen molar-refractivity contribution in [1.29, 1.82) is 0 Å². The summed E-state index contributed by atoms with van der Waals surface area (Å²) in [6.07, 6.45) is 4.12. The predicted molar refractivity (Wildman–Crippen MR) is 222 cm³/mol. The number of rotatable bonds is 16. The van der Waals surface area contributed by atoms with Crippen molar-refractivity contribution in [2.24, 2.45) is 0 Å². The van der Waals surface area contributed by atoms with Gasteiger partial charge in [0.1, 0.15) is 61.7 Å². The van der Waals surface area contributed by atoms with Crippen LogP contribution in [0.1, 0.15) is 31.0 Å². The number of aliphatic carboxylic acids is 1. The standard InChI is InChI=1S/C44H47F2N9O6/c1-30(50-41(42(56)57)22-32-6-4-3-5-7-32)31(2)55-43(58)54(29-49-55)36-11-9-34(10-12-36)51-18-20-52(21-19-51)35-13-15-37(16-14-35)59-24-38-25-60-44(61-38,26-53-28-47-27-48-53)39-17-8-33(45)23-40(39)46/h3-17,23,27-31,38,41,50H,18-22,24-26H2,1-2H3,(H,56,57)/t30?,31-,38+,41?,44+/m0/s1. The highest BCUT2D eigenvalue weighted by atomic mass is 19.1. The van der Waals surface area contributed by atoms with Crippen LogP contribution in [0.15, 0.2) is 121 Å². The van der Waals surface area contributed by atoms with E-state index in [1.54, 1.807) is 0 Å². The quantitative estimate of drug-likeness (QED) is 0.138. The summed E-state index contributed by atoms with van der Waals surface area (Å²) in [5.41, 5.74) is 3.45. The van der Waals surface area contributed by atoms with Crippen LogP contribution in [0.25, 0.3) is 5.69 Å². The normalized spacial score (nSPS) is 19.4. The van der Waals surface area contributed by atoms with E-state index >= 15 is 0 Å². The van der Waals surface area contributed by atoms with Gasteiger partial charge in [0.15, 0.2) is 0 Å². The molecular formula is C44H47F2N9O6. The Morgan fingerprint density at radius 1 is 0.902 bits per heavy atom. The Morgan fingerprint density at radius 2 is 1.57 bits per heavy atom. The summed E-state index contributed by atoms with van der Waals surface area (Å²) in [5, 5.41) is 21.5. The fourth-order valence-corrected chi connectivity index (χ4v) is 7.78. The number of carbonyl (C=O) groups is 1. The van der Waals surface area contributed by atoms with Gasteiger partial charge in [0, 0.05) is 55.2 Å². The molecule has 2 fully saturated rings. The lowest BCUT2D eigenvalue weighted by Crippen LogP contribution is -2.47. The van der Waals surface area contributed by atoms with E-state index in [4.69, 9.17) is 14.2 Å². The molecule has 0 radical (unpaired) electrons. The smallest absolute Gasteiger partial charge is 0.350 e. The molecule has 2 saturated heterocycles. The Hall–Kier alpha value is -6.43. The van der Waals surface area contributed by atoms with Crippen LogP contribution in [-0.2, 0) is 33.0 Å². The third kappa shape index (κ3) is 9.33. The summed E-state index contributed by atoms with van der Waals surface area (Å²) in [6.45, 7) is 7.19. The van der Waals surface area contributed by atoms with Gasteiger partial charge < -0.3 is 29.1 Å². The van der Waals surface area contributed by atoms with Crippen LogP contribution < -0.4 is 25.5 Å². The van der Waals surface area contributed by atoms with Crippen molar-refractivity contribution in [2.75, 3.05) is 49.2 Å². The molecule has 318 valence electrons. The molecule has 2 aromatic heterocycles.